The second-order valence-corrected chi connectivity index (χ2v) is 12.4. The van der Waals surface area contributed by atoms with Crippen LogP contribution in [0.2, 0.25) is 5.02 Å². The molecule has 1 aliphatic carbocycles. The average molecular weight is 624 g/mol. The minimum absolute atomic E-state index is 0.0450. The number of alkyl halides is 2. The number of methoxy groups -OCH3 is 1. The van der Waals surface area contributed by atoms with Crippen LogP contribution in [-0.4, -0.2) is 84.0 Å². The number of hydrogen-bond donors (Lipinski definition) is 0. The Morgan fingerprint density at radius 2 is 1.91 bits per heavy atom. The molecule has 43 heavy (non-hydrogen) atoms. The maximum atomic E-state index is 15.8. The number of carbonyl (C=O) groups excluding carboxylic acids is 2. The van der Waals surface area contributed by atoms with Gasteiger partial charge >= 0.3 is 5.97 Å². The maximum absolute atomic E-state index is 15.8. The summed E-state index contributed by atoms with van der Waals surface area (Å²) in [5.41, 5.74) is -0.353. The number of hydrogen-bond acceptors (Lipinski definition) is 7. The molecule has 3 heterocycles. The van der Waals surface area contributed by atoms with Gasteiger partial charge in [-0.3, -0.25) is 9.69 Å². The van der Waals surface area contributed by atoms with Gasteiger partial charge in [0.05, 0.1) is 25.3 Å². The van der Waals surface area contributed by atoms with Crippen LogP contribution in [0.1, 0.15) is 73.4 Å². The molecule has 0 unspecified atom stereocenters. The monoisotopic (exact) mass is 623 g/mol. The van der Waals surface area contributed by atoms with Crippen LogP contribution in [0.25, 0.3) is 0 Å². The predicted octanol–water partition coefficient (Wildman–Crippen LogP) is 5.65. The molecule has 5 rings (SSSR count). The van der Waals surface area contributed by atoms with Crippen molar-refractivity contribution in [3.05, 3.63) is 51.9 Å². The highest BCUT2D eigenvalue weighted by Gasteiger charge is 2.42. The Labute approximate surface area is 254 Å². The van der Waals surface area contributed by atoms with Crippen LogP contribution in [0, 0.1) is 5.82 Å². The second kappa shape index (κ2) is 12.9. The summed E-state index contributed by atoms with van der Waals surface area (Å²) in [6, 6.07) is 3.22. The number of aromatic nitrogens is 1. The molecule has 2 aliphatic heterocycles. The number of carbonyl (C=O) groups is 2. The Balaban J connectivity index is 1.21. The molecule has 3 aliphatic rings. The molecule has 1 amide bonds. The Hall–Kier alpha value is -3.05. The van der Waals surface area contributed by atoms with Gasteiger partial charge in [0.15, 0.2) is 0 Å². The predicted molar refractivity (Wildman–Crippen MR) is 154 cm³/mol. The van der Waals surface area contributed by atoms with Gasteiger partial charge in [0.1, 0.15) is 41.1 Å². The summed E-state index contributed by atoms with van der Waals surface area (Å²) >= 11 is 6.31. The van der Waals surface area contributed by atoms with Crippen molar-refractivity contribution in [1.82, 2.24) is 14.8 Å². The number of ether oxygens (including phenoxy) is 3. The van der Waals surface area contributed by atoms with Crippen molar-refractivity contribution in [2.24, 2.45) is 0 Å². The molecule has 1 aromatic heterocycles. The van der Waals surface area contributed by atoms with E-state index >= 15 is 8.78 Å². The summed E-state index contributed by atoms with van der Waals surface area (Å²) in [5.74, 6) is -1.75. The van der Waals surface area contributed by atoms with Crippen LogP contribution in [0.15, 0.2) is 24.4 Å². The van der Waals surface area contributed by atoms with E-state index in [1.165, 1.54) is 6.07 Å². The van der Waals surface area contributed by atoms with E-state index in [9.17, 15) is 14.0 Å². The highest BCUT2D eigenvalue weighted by molar-refractivity contribution is 6.31. The van der Waals surface area contributed by atoms with E-state index < -0.39 is 35.6 Å². The molecule has 3 fully saturated rings. The fourth-order valence-corrected chi connectivity index (χ4v) is 5.91. The van der Waals surface area contributed by atoms with Gasteiger partial charge in [0.2, 0.25) is 5.88 Å². The van der Waals surface area contributed by atoms with E-state index in [4.69, 9.17) is 25.8 Å². The van der Waals surface area contributed by atoms with Crippen molar-refractivity contribution in [1.29, 1.82) is 0 Å². The van der Waals surface area contributed by atoms with Crippen molar-refractivity contribution in [3.63, 3.8) is 0 Å². The average Bonchev–Trinajstić information content (AvgIpc) is 3.74. The van der Waals surface area contributed by atoms with Gasteiger partial charge < -0.3 is 19.1 Å². The van der Waals surface area contributed by atoms with Gasteiger partial charge in [-0.2, -0.15) is 0 Å². The lowest BCUT2D eigenvalue weighted by Crippen LogP contribution is -2.44. The smallest absolute Gasteiger partial charge is 0.328 e. The van der Waals surface area contributed by atoms with E-state index in [1.54, 1.807) is 6.20 Å². The minimum atomic E-state index is -1.60. The molecule has 0 radical (unpaired) electrons. The van der Waals surface area contributed by atoms with E-state index in [0.717, 1.165) is 36.5 Å². The molecule has 1 saturated carbocycles. The summed E-state index contributed by atoms with van der Waals surface area (Å²) in [5, 5.41) is 0.429. The van der Waals surface area contributed by atoms with Crippen molar-refractivity contribution < 1.29 is 37.0 Å². The minimum Gasteiger partial charge on any atom is -0.490 e. The number of piperidine rings is 1. The largest absolute Gasteiger partial charge is 0.490 e. The molecule has 234 valence electrons. The summed E-state index contributed by atoms with van der Waals surface area (Å²) in [4.78, 5) is 32.8. The number of esters is 1. The number of pyridine rings is 1. The highest BCUT2D eigenvalue weighted by atomic mass is 35.5. The Morgan fingerprint density at radius 1 is 1.19 bits per heavy atom. The lowest BCUT2D eigenvalue weighted by molar-refractivity contribution is -0.145. The van der Waals surface area contributed by atoms with Crippen LogP contribution in [0.3, 0.4) is 0 Å². The molecule has 0 bridgehead atoms. The van der Waals surface area contributed by atoms with Gasteiger partial charge in [0, 0.05) is 38.3 Å². The number of benzene rings is 1. The van der Waals surface area contributed by atoms with Gasteiger partial charge in [0.25, 0.3) is 5.91 Å². The zero-order chi connectivity index (χ0) is 30.9. The van der Waals surface area contributed by atoms with E-state index in [1.807, 2.05) is 19.9 Å². The standard InChI is InChI=1S/C31H37ClF3N3O5/c1-18(2)43-28-24(32)10-19(14-36-28)15-37-8-6-31(35,7-9-37)17-42-27-13-25(34)23(12-22(27)20-4-5-20)29(39)38-16-21(33)11-26(38)30(40)41-3/h10,12-14,18,20-21,26H,4-9,11,15-17H2,1-3H3/t21-,26+/m1/s1. The van der Waals surface area contributed by atoms with Gasteiger partial charge in [-0.25, -0.2) is 22.9 Å². The zero-order valence-corrected chi connectivity index (χ0v) is 25.3. The molecule has 1 aromatic carbocycles. The first kappa shape index (κ1) is 31.4. The number of likely N-dealkylation sites (tertiary alicyclic amines) is 2. The molecular weight excluding hydrogens is 587 g/mol. The van der Waals surface area contributed by atoms with Crippen molar-refractivity contribution in [2.75, 3.05) is 33.4 Å². The van der Waals surface area contributed by atoms with Gasteiger partial charge in [-0.1, -0.05) is 11.6 Å². The van der Waals surface area contributed by atoms with Gasteiger partial charge in [-0.15, -0.1) is 0 Å². The molecule has 0 N–H and O–H groups in total. The third-order valence-electron chi connectivity index (χ3n) is 8.19. The third kappa shape index (κ3) is 7.37. The van der Waals surface area contributed by atoms with Gasteiger partial charge in [-0.05, 0) is 68.7 Å². The lowest BCUT2D eigenvalue weighted by atomic mass is 9.94. The first-order valence-corrected chi connectivity index (χ1v) is 15.1. The molecule has 2 aromatic rings. The third-order valence-corrected chi connectivity index (χ3v) is 8.46. The molecule has 0 spiro atoms. The van der Waals surface area contributed by atoms with Crippen LogP contribution in [0.4, 0.5) is 13.2 Å². The molecular formula is C31H37ClF3N3O5. The Kier molecular flexibility index (Phi) is 9.41. The van der Waals surface area contributed by atoms with Crippen LogP contribution >= 0.6 is 11.6 Å². The number of rotatable bonds is 10. The SMILES string of the molecule is COC(=O)[C@@H]1C[C@@H](F)CN1C(=O)c1cc(C2CC2)c(OCC2(F)CCN(Cc3cnc(OC(C)C)c(Cl)c3)CC2)cc1F. The lowest BCUT2D eigenvalue weighted by Gasteiger charge is -2.36. The fourth-order valence-electron chi connectivity index (χ4n) is 5.68. The summed E-state index contributed by atoms with van der Waals surface area (Å²) in [6.45, 7) is 4.77. The summed E-state index contributed by atoms with van der Waals surface area (Å²) in [7, 11) is 1.16. The van der Waals surface area contributed by atoms with Crippen molar-refractivity contribution in [3.8, 4) is 11.6 Å². The van der Waals surface area contributed by atoms with Crippen LogP contribution in [0.5, 0.6) is 11.6 Å². The zero-order valence-electron chi connectivity index (χ0n) is 24.6. The number of nitrogens with zero attached hydrogens (tertiary/aromatic N) is 3. The molecule has 12 heteroatoms. The van der Waals surface area contributed by atoms with Crippen LogP contribution in [-0.2, 0) is 16.1 Å². The van der Waals surface area contributed by atoms with E-state index in [0.29, 0.717) is 36.1 Å². The second-order valence-electron chi connectivity index (χ2n) is 12.0. The van der Waals surface area contributed by atoms with E-state index in [-0.39, 0.29) is 55.7 Å². The van der Waals surface area contributed by atoms with Crippen LogP contribution < -0.4 is 9.47 Å². The molecule has 2 saturated heterocycles. The van der Waals surface area contributed by atoms with E-state index in [2.05, 4.69) is 9.88 Å². The van der Waals surface area contributed by atoms with Crippen molar-refractivity contribution >= 4 is 23.5 Å². The first-order valence-electron chi connectivity index (χ1n) is 14.7. The quantitative estimate of drug-likeness (QED) is 0.317. The maximum Gasteiger partial charge on any atom is 0.328 e. The fraction of sp³-hybridized carbons (Fsp3) is 0.581. The number of amides is 1. The number of halogens is 4. The topological polar surface area (TPSA) is 81.2 Å². The first-order chi connectivity index (χ1) is 20.5. The highest BCUT2D eigenvalue weighted by Crippen LogP contribution is 2.46. The molecule has 2 atom stereocenters. The Morgan fingerprint density at radius 3 is 2.53 bits per heavy atom. The van der Waals surface area contributed by atoms with Crippen molar-refractivity contribution in [2.45, 2.75) is 82.4 Å². The summed E-state index contributed by atoms with van der Waals surface area (Å²) < 4.78 is 61.4. The Bertz CT molecular complexity index is 1350. The normalized spacial score (nSPS) is 22.1. The molecule has 8 nitrogen and oxygen atoms in total. The summed E-state index contributed by atoms with van der Waals surface area (Å²) in [6.07, 6.45) is 2.18.